The molecular weight excluding hydrogens is 176 g/mol. The van der Waals surface area contributed by atoms with Gasteiger partial charge in [-0.2, -0.15) is 5.10 Å². The van der Waals surface area contributed by atoms with Crippen LogP contribution in [0.2, 0.25) is 0 Å². The Labute approximate surface area is 84.5 Å². The number of nitrogens with one attached hydrogen (secondary N) is 2. The first-order valence-electron chi connectivity index (χ1n) is 5.42. The Bertz CT molecular complexity index is 294. The van der Waals surface area contributed by atoms with Gasteiger partial charge in [-0.1, -0.05) is 13.3 Å². The van der Waals surface area contributed by atoms with E-state index in [0.717, 1.165) is 24.1 Å². The summed E-state index contributed by atoms with van der Waals surface area (Å²) in [6, 6.07) is 0.360. The van der Waals surface area contributed by atoms with E-state index in [1.54, 1.807) is 0 Å². The Kier molecular flexibility index (Phi) is 2.82. The van der Waals surface area contributed by atoms with Crippen molar-refractivity contribution in [1.29, 1.82) is 0 Å². The number of aryl methyl sites for hydroxylation is 1. The van der Waals surface area contributed by atoms with Crippen LogP contribution in [-0.2, 0) is 0 Å². The van der Waals surface area contributed by atoms with Crippen LogP contribution >= 0.6 is 0 Å². The summed E-state index contributed by atoms with van der Waals surface area (Å²) in [5.41, 5.74) is 0. The van der Waals surface area contributed by atoms with Crippen molar-refractivity contribution in [1.82, 2.24) is 20.5 Å². The number of nitrogens with zero attached hydrogens (tertiary/aromatic N) is 2. The third-order valence-corrected chi connectivity index (χ3v) is 3.02. The molecule has 14 heavy (non-hydrogen) atoms. The first-order chi connectivity index (χ1) is 6.79. The minimum atomic E-state index is 0.360. The molecule has 4 heteroatoms. The van der Waals surface area contributed by atoms with Crippen molar-refractivity contribution in [2.75, 3.05) is 6.54 Å². The molecule has 1 aromatic rings. The molecule has 0 amide bonds. The van der Waals surface area contributed by atoms with Gasteiger partial charge in [0.25, 0.3) is 0 Å². The molecule has 0 spiro atoms. The van der Waals surface area contributed by atoms with Crippen LogP contribution in [0.25, 0.3) is 0 Å². The van der Waals surface area contributed by atoms with Crippen LogP contribution in [0.4, 0.5) is 0 Å². The number of rotatable bonds is 2. The number of hydrogen-bond acceptors (Lipinski definition) is 3. The maximum Gasteiger partial charge on any atom is 0.167 e. The van der Waals surface area contributed by atoms with E-state index in [4.69, 9.17) is 0 Å². The van der Waals surface area contributed by atoms with Gasteiger partial charge in [0.15, 0.2) is 5.82 Å². The predicted molar refractivity (Wildman–Crippen MR) is 54.9 cm³/mol. The van der Waals surface area contributed by atoms with Crippen molar-refractivity contribution in [3.8, 4) is 0 Å². The normalized spacial score (nSPS) is 27.9. The molecule has 4 nitrogen and oxygen atoms in total. The monoisotopic (exact) mass is 194 g/mol. The Morgan fingerprint density at radius 3 is 3.00 bits per heavy atom. The zero-order valence-corrected chi connectivity index (χ0v) is 8.88. The summed E-state index contributed by atoms with van der Waals surface area (Å²) >= 11 is 0. The van der Waals surface area contributed by atoms with E-state index >= 15 is 0 Å². The average Bonchev–Trinajstić information content (AvgIpc) is 2.65. The first kappa shape index (κ1) is 9.65. The number of H-pyrrole nitrogens is 1. The lowest BCUT2D eigenvalue weighted by Gasteiger charge is -2.27. The van der Waals surface area contributed by atoms with Gasteiger partial charge in [0.2, 0.25) is 0 Å². The van der Waals surface area contributed by atoms with E-state index in [2.05, 4.69) is 27.4 Å². The van der Waals surface area contributed by atoms with E-state index in [-0.39, 0.29) is 0 Å². The van der Waals surface area contributed by atoms with Gasteiger partial charge < -0.3 is 5.32 Å². The van der Waals surface area contributed by atoms with Gasteiger partial charge in [-0.3, -0.25) is 5.10 Å². The molecular formula is C10H18N4. The van der Waals surface area contributed by atoms with Gasteiger partial charge in [-0.25, -0.2) is 4.98 Å². The van der Waals surface area contributed by atoms with E-state index in [0.29, 0.717) is 6.04 Å². The molecule has 1 saturated heterocycles. The molecule has 1 fully saturated rings. The molecule has 0 aromatic carbocycles. The molecule has 78 valence electrons. The maximum absolute atomic E-state index is 4.37. The third kappa shape index (κ3) is 1.95. The molecule has 0 bridgehead atoms. The summed E-state index contributed by atoms with van der Waals surface area (Å²) in [7, 11) is 0. The topological polar surface area (TPSA) is 53.6 Å². The number of aromatic nitrogens is 3. The lowest BCUT2D eigenvalue weighted by atomic mass is 9.90. The van der Waals surface area contributed by atoms with Crippen LogP contribution in [0.3, 0.4) is 0 Å². The highest BCUT2D eigenvalue weighted by molar-refractivity contribution is 4.97. The SMILES string of the molecule is CCC1CCNC(c2n[nH]c(C)n2)C1. The molecule has 0 aliphatic carbocycles. The second kappa shape index (κ2) is 4.09. The van der Waals surface area contributed by atoms with Crippen LogP contribution in [0.15, 0.2) is 0 Å². The minimum absolute atomic E-state index is 0.360. The highest BCUT2D eigenvalue weighted by atomic mass is 15.2. The van der Waals surface area contributed by atoms with Gasteiger partial charge in [0, 0.05) is 0 Å². The lowest BCUT2D eigenvalue weighted by molar-refractivity contribution is 0.291. The molecule has 2 rings (SSSR count). The molecule has 1 aromatic heterocycles. The van der Waals surface area contributed by atoms with Crippen molar-refractivity contribution in [3.05, 3.63) is 11.6 Å². The fourth-order valence-corrected chi connectivity index (χ4v) is 2.08. The van der Waals surface area contributed by atoms with Gasteiger partial charge in [-0.05, 0) is 32.2 Å². The van der Waals surface area contributed by atoms with Gasteiger partial charge in [0.05, 0.1) is 6.04 Å². The van der Waals surface area contributed by atoms with Crippen LogP contribution in [0, 0.1) is 12.8 Å². The number of hydrogen-bond donors (Lipinski definition) is 2. The highest BCUT2D eigenvalue weighted by Gasteiger charge is 2.23. The van der Waals surface area contributed by atoms with E-state index in [1.165, 1.54) is 19.3 Å². The quantitative estimate of drug-likeness (QED) is 0.751. The van der Waals surface area contributed by atoms with E-state index in [1.807, 2.05) is 6.92 Å². The smallest absolute Gasteiger partial charge is 0.167 e. The Balaban J connectivity index is 2.04. The van der Waals surface area contributed by atoms with Gasteiger partial charge in [-0.15, -0.1) is 0 Å². The summed E-state index contributed by atoms with van der Waals surface area (Å²) in [5.74, 6) is 2.67. The first-order valence-corrected chi connectivity index (χ1v) is 5.42. The number of aromatic amines is 1. The largest absolute Gasteiger partial charge is 0.307 e. The zero-order valence-electron chi connectivity index (χ0n) is 8.88. The van der Waals surface area contributed by atoms with Crippen LogP contribution in [0.5, 0.6) is 0 Å². The summed E-state index contributed by atoms with van der Waals surface area (Å²) < 4.78 is 0. The molecule has 1 aliphatic heterocycles. The van der Waals surface area contributed by atoms with Gasteiger partial charge in [0.1, 0.15) is 5.82 Å². The van der Waals surface area contributed by atoms with Crippen molar-refractivity contribution >= 4 is 0 Å². The molecule has 0 radical (unpaired) electrons. The summed E-state index contributed by atoms with van der Waals surface area (Å²) in [6.45, 7) is 5.30. The van der Waals surface area contributed by atoms with Crippen LogP contribution in [0.1, 0.15) is 43.9 Å². The van der Waals surface area contributed by atoms with Crippen molar-refractivity contribution in [2.45, 2.75) is 39.2 Å². The van der Waals surface area contributed by atoms with Crippen LogP contribution < -0.4 is 5.32 Å². The molecule has 2 unspecified atom stereocenters. The highest BCUT2D eigenvalue weighted by Crippen LogP contribution is 2.26. The van der Waals surface area contributed by atoms with E-state index < -0.39 is 0 Å². The van der Waals surface area contributed by atoms with Crippen LogP contribution in [-0.4, -0.2) is 21.7 Å². The zero-order chi connectivity index (χ0) is 9.97. The maximum atomic E-state index is 4.37. The molecule has 1 aliphatic rings. The van der Waals surface area contributed by atoms with Gasteiger partial charge >= 0.3 is 0 Å². The minimum Gasteiger partial charge on any atom is -0.307 e. The standard InChI is InChI=1S/C10H18N4/c1-3-8-4-5-11-9(6-8)10-12-7(2)13-14-10/h8-9,11H,3-6H2,1-2H3,(H,12,13,14). The summed E-state index contributed by atoms with van der Waals surface area (Å²) in [6.07, 6.45) is 3.73. The Morgan fingerprint density at radius 2 is 2.36 bits per heavy atom. The predicted octanol–water partition coefficient (Wildman–Crippen LogP) is 1.56. The summed E-state index contributed by atoms with van der Waals surface area (Å²) in [5, 5.41) is 10.6. The second-order valence-electron chi connectivity index (χ2n) is 4.08. The average molecular weight is 194 g/mol. The molecule has 0 saturated carbocycles. The third-order valence-electron chi connectivity index (χ3n) is 3.02. The Morgan fingerprint density at radius 1 is 1.50 bits per heavy atom. The Hall–Kier alpha value is -0.900. The summed E-state index contributed by atoms with van der Waals surface area (Å²) in [4.78, 5) is 4.37. The van der Waals surface area contributed by atoms with Crippen molar-refractivity contribution in [3.63, 3.8) is 0 Å². The number of piperidine rings is 1. The fraction of sp³-hybridized carbons (Fsp3) is 0.800. The lowest BCUT2D eigenvalue weighted by Crippen LogP contribution is -2.32. The van der Waals surface area contributed by atoms with Crippen molar-refractivity contribution in [2.24, 2.45) is 5.92 Å². The molecule has 2 N–H and O–H groups in total. The second-order valence-corrected chi connectivity index (χ2v) is 4.08. The van der Waals surface area contributed by atoms with E-state index in [9.17, 15) is 0 Å². The molecule has 2 atom stereocenters. The van der Waals surface area contributed by atoms with Crippen molar-refractivity contribution < 1.29 is 0 Å². The molecule has 2 heterocycles. The fourth-order valence-electron chi connectivity index (χ4n) is 2.08.